The summed E-state index contributed by atoms with van der Waals surface area (Å²) >= 11 is 1.32. The van der Waals surface area contributed by atoms with Gasteiger partial charge in [-0.15, -0.1) is 11.3 Å². The molecule has 0 aliphatic carbocycles. The van der Waals surface area contributed by atoms with Crippen LogP contribution in [-0.4, -0.2) is 33.4 Å². The highest BCUT2D eigenvalue weighted by Gasteiger charge is 2.21. The van der Waals surface area contributed by atoms with E-state index in [2.05, 4.69) is 29.4 Å². The molecule has 1 N–H and O–H groups in total. The van der Waals surface area contributed by atoms with E-state index in [9.17, 15) is 9.59 Å². The van der Waals surface area contributed by atoms with Crippen LogP contribution in [0.4, 0.5) is 5.88 Å². The van der Waals surface area contributed by atoms with Crippen LogP contribution in [0.3, 0.4) is 0 Å². The Balaban J connectivity index is 1.61. The van der Waals surface area contributed by atoms with Crippen molar-refractivity contribution in [2.45, 2.75) is 53.5 Å². The normalized spacial score (nSPS) is 12.0. The Hall–Kier alpha value is -2.68. The van der Waals surface area contributed by atoms with Gasteiger partial charge in [0.05, 0.1) is 11.4 Å². The van der Waals surface area contributed by atoms with Crippen LogP contribution in [0.15, 0.2) is 16.7 Å². The predicted molar refractivity (Wildman–Crippen MR) is 111 cm³/mol. The Morgan fingerprint density at radius 3 is 2.66 bits per heavy atom. The largest absolute Gasteiger partial charge is 0.451 e. The van der Waals surface area contributed by atoms with Crippen LogP contribution >= 0.6 is 11.3 Å². The van der Waals surface area contributed by atoms with E-state index in [0.29, 0.717) is 10.8 Å². The Morgan fingerprint density at radius 2 is 2.03 bits per heavy atom. The van der Waals surface area contributed by atoms with Crippen LogP contribution in [0.25, 0.3) is 10.2 Å². The number of aromatic nitrogens is 3. The molecule has 1 amide bonds. The number of anilines is 1. The van der Waals surface area contributed by atoms with E-state index < -0.39 is 18.5 Å². The molecule has 0 aliphatic rings. The van der Waals surface area contributed by atoms with Gasteiger partial charge in [-0.05, 0) is 18.9 Å². The average Bonchev–Trinajstić information content (AvgIpc) is 3.30. The van der Waals surface area contributed by atoms with Gasteiger partial charge in [0, 0.05) is 23.4 Å². The first kappa shape index (κ1) is 21.0. The number of rotatable bonds is 6. The average molecular weight is 419 g/mol. The molecule has 3 aromatic heterocycles. The number of carbonyl (C=O) groups is 2. The molecule has 3 rings (SSSR count). The third kappa shape index (κ3) is 4.84. The van der Waals surface area contributed by atoms with Gasteiger partial charge in [0.1, 0.15) is 9.71 Å². The van der Waals surface area contributed by atoms with E-state index in [-0.39, 0.29) is 11.3 Å². The second kappa shape index (κ2) is 7.98. The molecule has 0 radical (unpaired) electrons. The third-order valence-electron chi connectivity index (χ3n) is 4.22. The molecule has 0 atom stereocenters. The SMILES string of the molecule is Cc1nn(CC(C)C)c2sc(C(=O)OCC(=O)Nc3cc(C(C)(C)C)no3)cc12. The number of esters is 1. The molecule has 0 aromatic carbocycles. The number of fused-ring (bicyclic) bond motifs is 1. The van der Waals surface area contributed by atoms with E-state index in [4.69, 9.17) is 9.26 Å². The lowest BCUT2D eigenvalue weighted by Crippen LogP contribution is -2.20. The molecule has 0 saturated heterocycles. The summed E-state index contributed by atoms with van der Waals surface area (Å²) in [6.45, 7) is 12.5. The van der Waals surface area contributed by atoms with Crippen LogP contribution in [0.1, 0.15) is 55.7 Å². The highest BCUT2D eigenvalue weighted by atomic mass is 32.1. The standard InChI is InChI=1S/C20H26N4O4S/c1-11(2)9-24-18-13(12(3)22-24)7-14(29-18)19(26)27-10-16(25)21-17-8-15(23-28-17)20(4,5)6/h7-8,11H,9-10H2,1-6H3,(H,21,25). The summed E-state index contributed by atoms with van der Waals surface area (Å²) in [7, 11) is 0. The zero-order chi connectivity index (χ0) is 21.3. The highest BCUT2D eigenvalue weighted by Crippen LogP contribution is 2.29. The number of hydrogen-bond donors (Lipinski definition) is 1. The van der Waals surface area contributed by atoms with Crippen molar-refractivity contribution in [1.29, 1.82) is 0 Å². The quantitative estimate of drug-likeness (QED) is 0.604. The van der Waals surface area contributed by atoms with Crippen LogP contribution in [-0.2, 0) is 21.5 Å². The summed E-state index contributed by atoms with van der Waals surface area (Å²) < 4.78 is 12.2. The third-order valence-corrected chi connectivity index (χ3v) is 5.35. The molecule has 9 heteroatoms. The fourth-order valence-corrected chi connectivity index (χ4v) is 3.81. The fraction of sp³-hybridized carbons (Fsp3) is 0.500. The number of carbonyl (C=O) groups excluding carboxylic acids is 2. The van der Waals surface area contributed by atoms with Crippen molar-refractivity contribution in [3.8, 4) is 0 Å². The van der Waals surface area contributed by atoms with Crippen LogP contribution in [0.2, 0.25) is 0 Å². The molecule has 0 spiro atoms. The zero-order valence-electron chi connectivity index (χ0n) is 17.5. The Kier molecular flexibility index (Phi) is 5.79. The summed E-state index contributed by atoms with van der Waals surface area (Å²) in [5, 5.41) is 11.9. The molecule has 156 valence electrons. The van der Waals surface area contributed by atoms with Gasteiger partial charge in [-0.25, -0.2) is 4.79 Å². The zero-order valence-corrected chi connectivity index (χ0v) is 18.3. The number of nitrogens with one attached hydrogen (secondary N) is 1. The Morgan fingerprint density at radius 1 is 1.31 bits per heavy atom. The summed E-state index contributed by atoms with van der Waals surface area (Å²) in [6, 6.07) is 3.43. The molecule has 0 aliphatic heterocycles. The summed E-state index contributed by atoms with van der Waals surface area (Å²) in [6.07, 6.45) is 0. The molecular weight excluding hydrogens is 392 g/mol. The molecule has 29 heavy (non-hydrogen) atoms. The first-order valence-corrected chi connectivity index (χ1v) is 10.3. The maximum atomic E-state index is 12.4. The van der Waals surface area contributed by atoms with Gasteiger partial charge in [-0.1, -0.05) is 39.8 Å². The molecule has 3 aromatic rings. The first-order valence-electron chi connectivity index (χ1n) is 9.45. The van der Waals surface area contributed by atoms with Crippen molar-refractivity contribution >= 4 is 39.3 Å². The molecule has 0 bridgehead atoms. The van der Waals surface area contributed by atoms with Crippen LogP contribution < -0.4 is 5.32 Å². The Labute approximate surface area is 173 Å². The lowest BCUT2D eigenvalue weighted by Gasteiger charge is -2.12. The summed E-state index contributed by atoms with van der Waals surface area (Å²) in [4.78, 5) is 25.8. The van der Waals surface area contributed by atoms with Crippen molar-refractivity contribution in [3.63, 3.8) is 0 Å². The van der Waals surface area contributed by atoms with Crippen molar-refractivity contribution in [3.05, 3.63) is 28.4 Å². The van der Waals surface area contributed by atoms with Gasteiger partial charge >= 0.3 is 5.97 Å². The van der Waals surface area contributed by atoms with Gasteiger partial charge in [0.25, 0.3) is 5.91 Å². The second-order valence-corrected chi connectivity index (χ2v) is 9.47. The van der Waals surface area contributed by atoms with Gasteiger partial charge in [-0.3, -0.25) is 14.8 Å². The van der Waals surface area contributed by atoms with E-state index in [1.165, 1.54) is 11.3 Å². The lowest BCUT2D eigenvalue weighted by atomic mass is 9.92. The molecule has 3 heterocycles. The molecule has 0 unspecified atom stereocenters. The van der Waals surface area contributed by atoms with Crippen molar-refractivity contribution < 1.29 is 18.8 Å². The first-order chi connectivity index (χ1) is 13.5. The number of aryl methyl sites for hydroxylation is 1. The minimum Gasteiger partial charge on any atom is -0.451 e. The molecular formula is C20H26N4O4S. The van der Waals surface area contributed by atoms with E-state index in [0.717, 1.165) is 28.1 Å². The van der Waals surface area contributed by atoms with Gasteiger partial charge in [0.15, 0.2) is 6.61 Å². The molecule has 0 fully saturated rings. The van der Waals surface area contributed by atoms with Gasteiger partial charge in [-0.2, -0.15) is 5.10 Å². The van der Waals surface area contributed by atoms with Crippen LogP contribution in [0.5, 0.6) is 0 Å². The number of nitrogens with zero attached hydrogens (tertiary/aromatic N) is 3. The fourth-order valence-electron chi connectivity index (χ4n) is 2.75. The topological polar surface area (TPSA) is 99.2 Å². The van der Waals surface area contributed by atoms with Crippen molar-refractivity contribution in [1.82, 2.24) is 14.9 Å². The predicted octanol–water partition coefficient (Wildman–Crippen LogP) is 4.14. The maximum Gasteiger partial charge on any atom is 0.348 e. The number of hydrogen-bond acceptors (Lipinski definition) is 7. The minimum absolute atomic E-state index is 0.191. The smallest absolute Gasteiger partial charge is 0.348 e. The number of ether oxygens (including phenoxy) is 1. The van der Waals surface area contributed by atoms with Crippen molar-refractivity contribution in [2.24, 2.45) is 5.92 Å². The summed E-state index contributed by atoms with van der Waals surface area (Å²) in [5.74, 6) is -0.362. The molecule has 0 saturated carbocycles. The van der Waals surface area contributed by atoms with Gasteiger partial charge < -0.3 is 9.26 Å². The van der Waals surface area contributed by atoms with E-state index >= 15 is 0 Å². The number of amides is 1. The number of thiophene rings is 1. The van der Waals surface area contributed by atoms with Gasteiger partial charge in [0.2, 0.25) is 5.88 Å². The Bertz CT molecular complexity index is 1040. The lowest BCUT2D eigenvalue weighted by molar-refractivity contribution is -0.119. The van der Waals surface area contributed by atoms with Crippen molar-refractivity contribution in [2.75, 3.05) is 11.9 Å². The van der Waals surface area contributed by atoms with E-state index in [1.807, 2.05) is 32.4 Å². The molecule has 8 nitrogen and oxygen atoms in total. The summed E-state index contributed by atoms with van der Waals surface area (Å²) in [5.41, 5.74) is 1.40. The maximum absolute atomic E-state index is 12.4. The second-order valence-electron chi connectivity index (χ2n) is 8.44. The van der Waals surface area contributed by atoms with E-state index in [1.54, 1.807) is 12.1 Å². The monoisotopic (exact) mass is 418 g/mol. The van der Waals surface area contributed by atoms with Crippen LogP contribution in [0, 0.1) is 12.8 Å². The highest BCUT2D eigenvalue weighted by molar-refractivity contribution is 7.20. The minimum atomic E-state index is -0.537.